The number of urea groups is 1. The van der Waals surface area contributed by atoms with Crippen molar-refractivity contribution in [2.24, 2.45) is 0 Å². The Bertz CT molecular complexity index is 616. The first-order valence-corrected chi connectivity index (χ1v) is 8.47. The molecule has 0 aliphatic rings. The van der Waals surface area contributed by atoms with Gasteiger partial charge in [-0.15, -0.1) is 0 Å². The molecule has 2 amide bonds. The molecule has 0 radical (unpaired) electrons. The zero-order chi connectivity index (χ0) is 16.7. The maximum atomic E-state index is 12.1. The van der Waals surface area contributed by atoms with Gasteiger partial charge in [-0.2, -0.15) is 11.3 Å². The van der Waals surface area contributed by atoms with E-state index in [0.717, 1.165) is 23.3 Å². The fourth-order valence-electron chi connectivity index (χ4n) is 2.34. The van der Waals surface area contributed by atoms with Crippen LogP contribution in [0.1, 0.15) is 36.6 Å². The monoisotopic (exact) mass is 334 g/mol. The molecule has 2 rings (SSSR count). The van der Waals surface area contributed by atoms with Crippen LogP contribution in [0.15, 0.2) is 41.1 Å². The number of methoxy groups -OCH3 is 1. The van der Waals surface area contributed by atoms with Gasteiger partial charge in [0.1, 0.15) is 5.75 Å². The molecule has 23 heavy (non-hydrogen) atoms. The third-order valence-corrected chi connectivity index (χ3v) is 4.31. The molecule has 1 aromatic carbocycles. The SMILES string of the molecule is CCC(NC(=O)NCC(O)c1ccsc1)c1ccccc1OC. The maximum Gasteiger partial charge on any atom is 0.315 e. The van der Waals surface area contributed by atoms with E-state index >= 15 is 0 Å². The molecule has 0 saturated heterocycles. The van der Waals surface area contributed by atoms with E-state index in [1.54, 1.807) is 7.11 Å². The van der Waals surface area contributed by atoms with Gasteiger partial charge in [0.05, 0.1) is 19.3 Å². The maximum absolute atomic E-state index is 12.1. The lowest BCUT2D eigenvalue weighted by atomic mass is 10.0. The van der Waals surface area contributed by atoms with Crippen molar-refractivity contribution in [3.05, 3.63) is 52.2 Å². The predicted octanol–water partition coefficient (Wildman–Crippen LogP) is 3.24. The third-order valence-electron chi connectivity index (χ3n) is 3.61. The van der Waals surface area contributed by atoms with Crippen LogP contribution in [-0.2, 0) is 0 Å². The number of para-hydroxylation sites is 1. The Kier molecular flexibility index (Phi) is 6.43. The molecule has 0 fully saturated rings. The summed E-state index contributed by atoms with van der Waals surface area (Å²) in [6.07, 6.45) is 0.0410. The van der Waals surface area contributed by atoms with Gasteiger partial charge in [-0.05, 0) is 34.9 Å². The van der Waals surface area contributed by atoms with Crippen molar-refractivity contribution in [2.75, 3.05) is 13.7 Å². The molecule has 6 heteroatoms. The van der Waals surface area contributed by atoms with Crippen LogP contribution in [0, 0.1) is 0 Å². The number of thiophene rings is 1. The van der Waals surface area contributed by atoms with Gasteiger partial charge in [0.15, 0.2) is 0 Å². The highest BCUT2D eigenvalue weighted by Gasteiger charge is 2.17. The van der Waals surface area contributed by atoms with E-state index in [2.05, 4.69) is 10.6 Å². The average Bonchev–Trinajstić information content (AvgIpc) is 3.12. The highest BCUT2D eigenvalue weighted by atomic mass is 32.1. The second-order valence-corrected chi connectivity index (χ2v) is 5.91. The molecule has 3 N–H and O–H groups in total. The van der Waals surface area contributed by atoms with Crippen molar-refractivity contribution in [1.82, 2.24) is 10.6 Å². The van der Waals surface area contributed by atoms with E-state index in [-0.39, 0.29) is 18.6 Å². The molecule has 2 atom stereocenters. The van der Waals surface area contributed by atoms with E-state index in [9.17, 15) is 9.90 Å². The quantitative estimate of drug-likeness (QED) is 0.728. The number of benzene rings is 1. The number of aliphatic hydroxyl groups is 1. The number of hydrogen-bond acceptors (Lipinski definition) is 4. The number of nitrogens with one attached hydrogen (secondary N) is 2. The summed E-state index contributed by atoms with van der Waals surface area (Å²) >= 11 is 1.52. The first kappa shape index (κ1) is 17.3. The molecular weight excluding hydrogens is 312 g/mol. The summed E-state index contributed by atoms with van der Waals surface area (Å²) in [7, 11) is 1.61. The molecule has 1 heterocycles. The van der Waals surface area contributed by atoms with Gasteiger partial charge in [0, 0.05) is 12.1 Å². The minimum atomic E-state index is -0.696. The first-order chi connectivity index (χ1) is 11.2. The lowest BCUT2D eigenvalue weighted by Crippen LogP contribution is -2.39. The number of rotatable bonds is 7. The first-order valence-electron chi connectivity index (χ1n) is 7.53. The van der Waals surface area contributed by atoms with Gasteiger partial charge in [-0.25, -0.2) is 4.79 Å². The van der Waals surface area contributed by atoms with Gasteiger partial charge in [0.25, 0.3) is 0 Å². The molecule has 124 valence electrons. The van der Waals surface area contributed by atoms with Crippen LogP contribution in [0.2, 0.25) is 0 Å². The topological polar surface area (TPSA) is 70.6 Å². The Morgan fingerprint density at radius 3 is 2.78 bits per heavy atom. The van der Waals surface area contributed by atoms with Crippen LogP contribution >= 0.6 is 11.3 Å². The number of amides is 2. The Labute approximate surface area is 140 Å². The lowest BCUT2D eigenvalue weighted by Gasteiger charge is -2.20. The minimum Gasteiger partial charge on any atom is -0.496 e. The summed E-state index contributed by atoms with van der Waals surface area (Å²) in [5.74, 6) is 0.748. The average molecular weight is 334 g/mol. The highest BCUT2D eigenvalue weighted by Crippen LogP contribution is 2.26. The van der Waals surface area contributed by atoms with Crippen molar-refractivity contribution in [3.63, 3.8) is 0 Å². The Morgan fingerprint density at radius 1 is 1.35 bits per heavy atom. The molecule has 0 spiro atoms. The predicted molar refractivity (Wildman–Crippen MR) is 91.8 cm³/mol. The Balaban J connectivity index is 1.92. The number of aliphatic hydroxyl groups excluding tert-OH is 1. The van der Waals surface area contributed by atoms with Crippen molar-refractivity contribution in [2.45, 2.75) is 25.5 Å². The summed E-state index contributed by atoms with van der Waals surface area (Å²) in [5.41, 5.74) is 1.75. The molecular formula is C17H22N2O3S. The van der Waals surface area contributed by atoms with E-state index in [1.165, 1.54) is 11.3 Å². The number of carbonyl (C=O) groups excluding carboxylic acids is 1. The third kappa shape index (κ3) is 4.71. The summed E-state index contributed by atoms with van der Waals surface area (Å²) in [5, 5.41) is 19.4. The van der Waals surface area contributed by atoms with Crippen LogP contribution in [0.4, 0.5) is 4.79 Å². The van der Waals surface area contributed by atoms with Crippen LogP contribution in [-0.4, -0.2) is 24.8 Å². The van der Waals surface area contributed by atoms with Crippen molar-refractivity contribution in [1.29, 1.82) is 0 Å². The highest BCUT2D eigenvalue weighted by molar-refractivity contribution is 7.07. The molecule has 0 bridgehead atoms. The van der Waals surface area contributed by atoms with Crippen molar-refractivity contribution in [3.8, 4) is 5.75 Å². The molecule has 0 aliphatic heterocycles. The van der Waals surface area contributed by atoms with Crippen LogP contribution < -0.4 is 15.4 Å². The van der Waals surface area contributed by atoms with E-state index in [1.807, 2.05) is 48.0 Å². The summed E-state index contributed by atoms with van der Waals surface area (Å²) in [4.78, 5) is 12.1. The lowest BCUT2D eigenvalue weighted by molar-refractivity contribution is 0.173. The number of ether oxygens (including phenoxy) is 1. The Hall–Kier alpha value is -2.05. The second kappa shape index (κ2) is 8.55. The zero-order valence-electron chi connectivity index (χ0n) is 13.3. The van der Waals surface area contributed by atoms with Gasteiger partial charge >= 0.3 is 6.03 Å². The summed E-state index contributed by atoms with van der Waals surface area (Å²) in [6.45, 7) is 2.17. The largest absolute Gasteiger partial charge is 0.496 e. The van der Waals surface area contributed by atoms with Gasteiger partial charge < -0.3 is 20.5 Å². The van der Waals surface area contributed by atoms with Crippen molar-refractivity contribution < 1.29 is 14.6 Å². The zero-order valence-corrected chi connectivity index (χ0v) is 14.1. The molecule has 2 aromatic rings. The summed E-state index contributed by atoms with van der Waals surface area (Å²) < 4.78 is 5.35. The van der Waals surface area contributed by atoms with Crippen LogP contribution in [0.25, 0.3) is 0 Å². The van der Waals surface area contributed by atoms with Crippen LogP contribution in [0.5, 0.6) is 5.75 Å². The molecule has 1 aromatic heterocycles. The summed E-state index contributed by atoms with van der Waals surface area (Å²) in [6, 6.07) is 9.01. The Morgan fingerprint density at radius 2 is 2.13 bits per heavy atom. The normalized spacial score (nSPS) is 13.2. The number of hydrogen-bond donors (Lipinski definition) is 3. The molecule has 2 unspecified atom stereocenters. The molecule has 0 saturated carbocycles. The van der Waals surface area contributed by atoms with Gasteiger partial charge in [-0.3, -0.25) is 0 Å². The van der Waals surface area contributed by atoms with Crippen LogP contribution in [0.3, 0.4) is 0 Å². The van der Waals surface area contributed by atoms with E-state index < -0.39 is 6.10 Å². The fraction of sp³-hybridized carbons (Fsp3) is 0.353. The van der Waals surface area contributed by atoms with E-state index in [4.69, 9.17) is 4.74 Å². The van der Waals surface area contributed by atoms with E-state index in [0.29, 0.717) is 0 Å². The second-order valence-electron chi connectivity index (χ2n) is 5.13. The standard InChI is InChI=1S/C17H22N2O3S/c1-3-14(13-6-4-5-7-16(13)22-2)19-17(21)18-10-15(20)12-8-9-23-11-12/h4-9,11,14-15,20H,3,10H2,1-2H3,(H2,18,19,21). The molecule has 0 aliphatic carbocycles. The van der Waals surface area contributed by atoms with Crippen molar-refractivity contribution >= 4 is 17.4 Å². The number of carbonyl (C=O) groups is 1. The molecule has 5 nitrogen and oxygen atoms in total. The fourth-order valence-corrected chi connectivity index (χ4v) is 3.04. The minimum absolute atomic E-state index is 0.149. The smallest absolute Gasteiger partial charge is 0.315 e. The van der Waals surface area contributed by atoms with Gasteiger partial charge in [0.2, 0.25) is 0 Å². The van der Waals surface area contributed by atoms with Gasteiger partial charge in [-0.1, -0.05) is 25.1 Å².